The van der Waals surface area contributed by atoms with Crippen molar-refractivity contribution in [3.63, 3.8) is 0 Å². The van der Waals surface area contributed by atoms with Gasteiger partial charge in [-0.3, -0.25) is 10.1 Å². The van der Waals surface area contributed by atoms with E-state index < -0.39 is 0 Å². The van der Waals surface area contributed by atoms with Crippen LogP contribution in [0.3, 0.4) is 0 Å². The molecule has 1 aliphatic rings. The molecule has 0 bridgehead atoms. The van der Waals surface area contributed by atoms with Crippen LogP contribution in [0.5, 0.6) is 0 Å². The Morgan fingerprint density at radius 2 is 2.05 bits per heavy atom. The number of nitrogens with one attached hydrogen (secondary N) is 1. The van der Waals surface area contributed by atoms with Crippen LogP contribution in [0.25, 0.3) is 0 Å². The molecule has 1 aromatic heterocycles. The monoisotopic (exact) mass is 278 g/mol. The summed E-state index contributed by atoms with van der Waals surface area (Å²) in [4.78, 5) is 17.1. The van der Waals surface area contributed by atoms with Gasteiger partial charge in [0.05, 0.1) is 11.0 Å². The average molecular weight is 278 g/mol. The van der Waals surface area contributed by atoms with E-state index in [2.05, 4.69) is 15.2 Å². The van der Waals surface area contributed by atoms with Gasteiger partial charge in [0, 0.05) is 24.8 Å². The fourth-order valence-electron chi connectivity index (χ4n) is 2.51. The van der Waals surface area contributed by atoms with Crippen LogP contribution in [0.4, 0.5) is 11.5 Å². The fourth-order valence-corrected chi connectivity index (χ4v) is 2.51. The van der Waals surface area contributed by atoms with Crippen molar-refractivity contribution in [3.05, 3.63) is 27.9 Å². The molecule has 1 N–H and O–H groups in total. The van der Waals surface area contributed by atoms with Crippen molar-refractivity contribution in [2.75, 3.05) is 31.5 Å². The van der Waals surface area contributed by atoms with Gasteiger partial charge in [-0.15, -0.1) is 0 Å². The van der Waals surface area contributed by atoms with Crippen molar-refractivity contribution in [3.8, 4) is 0 Å². The van der Waals surface area contributed by atoms with E-state index in [4.69, 9.17) is 0 Å². The third-order valence-corrected chi connectivity index (χ3v) is 3.70. The Bertz CT molecular complexity index is 456. The van der Waals surface area contributed by atoms with Crippen LogP contribution in [0.1, 0.15) is 31.2 Å². The molecule has 6 heteroatoms. The Kier molecular flexibility index (Phi) is 5.29. The van der Waals surface area contributed by atoms with Crippen molar-refractivity contribution >= 4 is 11.5 Å². The van der Waals surface area contributed by atoms with Crippen LogP contribution in [0, 0.1) is 17.0 Å². The molecule has 110 valence electrons. The molecule has 20 heavy (non-hydrogen) atoms. The molecule has 0 aliphatic carbocycles. The summed E-state index contributed by atoms with van der Waals surface area (Å²) in [7, 11) is 0. The lowest BCUT2D eigenvalue weighted by molar-refractivity contribution is -0.385. The van der Waals surface area contributed by atoms with Gasteiger partial charge in [0.25, 0.3) is 5.69 Å². The molecule has 0 spiro atoms. The Hall–Kier alpha value is -1.69. The zero-order chi connectivity index (χ0) is 14.4. The average Bonchev–Trinajstić information content (AvgIpc) is 2.69. The van der Waals surface area contributed by atoms with Crippen LogP contribution in [-0.4, -0.2) is 41.0 Å². The summed E-state index contributed by atoms with van der Waals surface area (Å²) in [5.41, 5.74) is 0.713. The summed E-state index contributed by atoms with van der Waals surface area (Å²) in [5.74, 6) is 0.581. The molecule has 1 fully saturated rings. The van der Waals surface area contributed by atoms with E-state index in [0.29, 0.717) is 11.4 Å². The molecule has 0 unspecified atom stereocenters. The number of pyridine rings is 1. The van der Waals surface area contributed by atoms with E-state index in [9.17, 15) is 10.1 Å². The lowest BCUT2D eigenvalue weighted by Crippen LogP contribution is -2.30. The van der Waals surface area contributed by atoms with Gasteiger partial charge >= 0.3 is 0 Å². The molecular formula is C14H22N4O2. The van der Waals surface area contributed by atoms with E-state index >= 15 is 0 Å². The molecule has 2 heterocycles. The zero-order valence-corrected chi connectivity index (χ0v) is 12.0. The maximum Gasteiger partial charge on any atom is 0.277 e. The largest absolute Gasteiger partial charge is 0.369 e. The zero-order valence-electron chi connectivity index (χ0n) is 12.0. The first-order valence-corrected chi connectivity index (χ1v) is 7.24. The van der Waals surface area contributed by atoms with Crippen molar-refractivity contribution in [2.24, 2.45) is 0 Å². The highest BCUT2D eigenvalue weighted by atomic mass is 16.6. The summed E-state index contributed by atoms with van der Waals surface area (Å²) in [6, 6.07) is 1.51. The molecule has 0 atom stereocenters. The highest BCUT2D eigenvalue weighted by molar-refractivity contribution is 5.48. The van der Waals surface area contributed by atoms with Gasteiger partial charge < -0.3 is 10.2 Å². The number of anilines is 1. The van der Waals surface area contributed by atoms with Crippen molar-refractivity contribution < 1.29 is 4.92 Å². The lowest BCUT2D eigenvalue weighted by Gasteiger charge is -2.19. The Balaban J connectivity index is 1.84. The van der Waals surface area contributed by atoms with Crippen LogP contribution >= 0.6 is 0 Å². The minimum Gasteiger partial charge on any atom is -0.369 e. The normalized spacial score (nSPS) is 16.6. The number of nitro groups is 1. The molecule has 2 rings (SSSR count). The second-order valence-electron chi connectivity index (χ2n) is 5.30. The Morgan fingerprint density at radius 1 is 1.35 bits per heavy atom. The van der Waals surface area contributed by atoms with Gasteiger partial charge in [0.2, 0.25) is 0 Å². The van der Waals surface area contributed by atoms with Gasteiger partial charge in [-0.1, -0.05) is 12.8 Å². The smallest absolute Gasteiger partial charge is 0.277 e. The van der Waals surface area contributed by atoms with Crippen molar-refractivity contribution in [2.45, 2.75) is 32.6 Å². The molecule has 6 nitrogen and oxygen atoms in total. The van der Waals surface area contributed by atoms with Crippen molar-refractivity contribution in [1.29, 1.82) is 0 Å². The first-order chi connectivity index (χ1) is 9.66. The first kappa shape index (κ1) is 14.7. The van der Waals surface area contributed by atoms with Gasteiger partial charge in [-0.25, -0.2) is 4.98 Å². The van der Waals surface area contributed by atoms with E-state index in [1.54, 1.807) is 13.1 Å². The summed E-state index contributed by atoms with van der Waals surface area (Å²) in [6.45, 7) is 5.75. The van der Waals surface area contributed by atoms with Crippen LogP contribution in [0.2, 0.25) is 0 Å². The van der Waals surface area contributed by atoms with Gasteiger partial charge in [-0.2, -0.15) is 0 Å². The molecule has 1 saturated heterocycles. The number of hydrogen-bond donors (Lipinski definition) is 1. The molecule has 0 saturated carbocycles. The molecule has 0 amide bonds. The topological polar surface area (TPSA) is 71.3 Å². The maximum absolute atomic E-state index is 10.9. The second-order valence-corrected chi connectivity index (χ2v) is 5.30. The van der Waals surface area contributed by atoms with E-state index in [0.717, 1.165) is 26.2 Å². The van der Waals surface area contributed by atoms with Gasteiger partial charge in [0.15, 0.2) is 0 Å². The summed E-state index contributed by atoms with van der Waals surface area (Å²) >= 11 is 0. The molecule has 0 radical (unpaired) electrons. The summed E-state index contributed by atoms with van der Waals surface area (Å²) in [5, 5.41) is 14.1. The first-order valence-electron chi connectivity index (χ1n) is 7.24. The van der Waals surface area contributed by atoms with Gasteiger partial charge in [0.1, 0.15) is 5.82 Å². The number of rotatable bonds is 5. The van der Waals surface area contributed by atoms with Crippen LogP contribution in [-0.2, 0) is 0 Å². The van der Waals surface area contributed by atoms with Crippen molar-refractivity contribution in [1.82, 2.24) is 9.88 Å². The standard InChI is InChI=1S/C14H22N4O2/c1-12-11-16-14(10-13(12)18(19)20)15-6-9-17-7-4-2-3-5-8-17/h10-11H,2-9H2,1H3,(H,15,16). The SMILES string of the molecule is Cc1cnc(NCCN2CCCCCC2)cc1[N+](=O)[O-]. The molecule has 1 aliphatic heterocycles. The Morgan fingerprint density at radius 3 is 2.70 bits per heavy atom. The summed E-state index contributed by atoms with van der Waals surface area (Å²) in [6.07, 6.45) is 6.75. The highest BCUT2D eigenvalue weighted by Crippen LogP contribution is 2.19. The third kappa shape index (κ3) is 4.16. The number of aromatic nitrogens is 1. The minimum absolute atomic E-state index is 0.122. The van der Waals surface area contributed by atoms with E-state index in [1.807, 2.05) is 0 Å². The summed E-state index contributed by atoms with van der Waals surface area (Å²) < 4.78 is 0. The Labute approximate surface area is 119 Å². The van der Waals surface area contributed by atoms with E-state index in [-0.39, 0.29) is 10.6 Å². The quantitative estimate of drug-likeness (QED) is 0.662. The number of likely N-dealkylation sites (tertiary alicyclic amines) is 1. The molecule has 1 aromatic rings. The highest BCUT2D eigenvalue weighted by Gasteiger charge is 2.12. The lowest BCUT2D eigenvalue weighted by atomic mass is 10.2. The number of hydrogen-bond acceptors (Lipinski definition) is 5. The van der Waals surface area contributed by atoms with Crippen LogP contribution < -0.4 is 5.32 Å². The maximum atomic E-state index is 10.9. The second kappa shape index (κ2) is 7.19. The third-order valence-electron chi connectivity index (χ3n) is 3.70. The molecular weight excluding hydrogens is 256 g/mol. The predicted molar refractivity (Wildman–Crippen MR) is 79.0 cm³/mol. The number of nitrogens with zero attached hydrogens (tertiary/aromatic N) is 3. The fraction of sp³-hybridized carbons (Fsp3) is 0.643. The number of aryl methyl sites for hydroxylation is 1. The van der Waals surface area contributed by atoms with Gasteiger partial charge in [-0.05, 0) is 32.9 Å². The van der Waals surface area contributed by atoms with Crippen LogP contribution in [0.15, 0.2) is 12.3 Å². The van der Waals surface area contributed by atoms with E-state index in [1.165, 1.54) is 31.7 Å². The predicted octanol–water partition coefficient (Wildman–Crippen LogP) is 2.59. The molecule has 0 aromatic carbocycles. The minimum atomic E-state index is -0.364.